The summed E-state index contributed by atoms with van der Waals surface area (Å²) in [6.07, 6.45) is 0. The predicted octanol–water partition coefficient (Wildman–Crippen LogP) is 3.84. The Morgan fingerprint density at radius 3 is 2.23 bits per heavy atom. The van der Waals surface area contributed by atoms with Gasteiger partial charge in [-0.25, -0.2) is 0 Å². The van der Waals surface area contributed by atoms with Gasteiger partial charge in [0.05, 0.1) is 15.7 Å². The van der Waals surface area contributed by atoms with Crippen molar-refractivity contribution in [3.8, 4) is 6.07 Å². The molecule has 0 aliphatic heterocycles. The summed E-state index contributed by atoms with van der Waals surface area (Å²) in [4.78, 5) is 24.0. The molecule has 1 amide bonds. The standard InChI is InChI=1S/C15H15Cl2N3O2/c1-9(21)20(10-5-6-11(16)12(17)7-10)19-13(8-18)14(22)15(2,3)4/h5-7H,1-4H3/b19-13+. The van der Waals surface area contributed by atoms with Crippen molar-refractivity contribution in [2.75, 3.05) is 5.01 Å². The van der Waals surface area contributed by atoms with Crippen LogP contribution in [0.1, 0.15) is 27.7 Å². The van der Waals surface area contributed by atoms with Gasteiger partial charge in [-0.3, -0.25) is 9.59 Å². The molecule has 5 nitrogen and oxygen atoms in total. The molecule has 0 saturated heterocycles. The van der Waals surface area contributed by atoms with Crippen molar-refractivity contribution in [1.82, 2.24) is 0 Å². The zero-order valence-corrected chi connectivity index (χ0v) is 14.2. The van der Waals surface area contributed by atoms with Crippen LogP contribution in [0.4, 0.5) is 5.69 Å². The van der Waals surface area contributed by atoms with Crippen LogP contribution in [0.5, 0.6) is 0 Å². The second-order valence-electron chi connectivity index (χ2n) is 5.57. The molecule has 0 fully saturated rings. The molecule has 116 valence electrons. The second kappa shape index (κ2) is 6.91. The number of hydrogen-bond donors (Lipinski definition) is 0. The maximum Gasteiger partial charge on any atom is 0.244 e. The molecule has 0 atom stereocenters. The number of Topliss-reactive ketones (excluding diaryl/α,β-unsaturated/α-hetero) is 1. The van der Waals surface area contributed by atoms with E-state index in [1.54, 1.807) is 26.8 Å². The van der Waals surface area contributed by atoms with Crippen molar-refractivity contribution >= 4 is 46.3 Å². The van der Waals surface area contributed by atoms with E-state index in [1.807, 2.05) is 0 Å². The van der Waals surface area contributed by atoms with E-state index in [0.29, 0.717) is 10.7 Å². The number of hydrogen-bond acceptors (Lipinski definition) is 4. The van der Waals surface area contributed by atoms with Gasteiger partial charge in [0.15, 0.2) is 5.78 Å². The van der Waals surface area contributed by atoms with E-state index in [2.05, 4.69) is 5.10 Å². The number of benzene rings is 1. The van der Waals surface area contributed by atoms with Crippen molar-refractivity contribution in [2.45, 2.75) is 27.7 Å². The largest absolute Gasteiger partial charge is 0.291 e. The number of rotatable bonds is 3. The summed E-state index contributed by atoms with van der Waals surface area (Å²) in [5, 5.41) is 14.5. The molecule has 0 spiro atoms. The van der Waals surface area contributed by atoms with Crippen molar-refractivity contribution in [1.29, 1.82) is 5.26 Å². The highest BCUT2D eigenvalue weighted by molar-refractivity contribution is 6.47. The number of carbonyl (C=O) groups is 2. The maximum absolute atomic E-state index is 12.2. The lowest BCUT2D eigenvalue weighted by Gasteiger charge is -2.19. The first-order valence-electron chi connectivity index (χ1n) is 6.37. The average molecular weight is 340 g/mol. The van der Waals surface area contributed by atoms with Gasteiger partial charge in [-0.1, -0.05) is 44.0 Å². The number of ketones is 1. The highest BCUT2D eigenvalue weighted by Crippen LogP contribution is 2.28. The van der Waals surface area contributed by atoms with Gasteiger partial charge in [-0.2, -0.15) is 15.4 Å². The Kier molecular flexibility index (Phi) is 5.70. The average Bonchev–Trinajstić information content (AvgIpc) is 2.41. The number of carbonyl (C=O) groups excluding carboxylic acids is 2. The first-order chi connectivity index (χ1) is 10.1. The zero-order valence-electron chi connectivity index (χ0n) is 12.6. The fourth-order valence-electron chi connectivity index (χ4n) is 1.50. The van der Waals surface area contributed by atoms with Gasteiger partial charge in [-0.05, 0) is 18.2 Å². The Labute approximate surface area is 139 Å². The number of hydrazone groups is 1. The highest BCUT2D eigenvalue weighted by Gasteiger charge is 2.28. The molecule has 7 heteroatoms. The Morgan fingerprint density at radius 1 is 1.23 bits per heavy atom. The fraction of sp³-hybridized carbons (Fsp3) is 0.333. The van der Waals surface area contributed by atoms with Crippen molar-refractivity contribution in [3.63, 3.8) is 0 Å². The molecule has 1 aromatic carbocycles. The normalized spacial score (nSPS) is 11.8. The quantitative estimate of drug-likeness (QED) is 0.620. The van der Waals surface area contributed by atoms with Crippen LogP contribution in [-0.2, 0) is 9.59 Å². The fourth-order valence-corrected chi connectivity index (χ4v) is 1.79. The lowest BCUT2D eigenvalue weighted by molar-refractivity contribution is -0.119. The summed E-state index contributed by atoms with van der Waals surface area (Å²) in [6, 6.07) is 6.20. The molecule has 0 radical (unpaired) electrons. The molecule has 0 aromatic heterocycles. The van der Waals surface area contributed by atoms with E-state index < -0.39 is 17.1 Å². The van der Waals surface area contributed by atoms with Crippen LogP contribution in [0.3, 0.4) is 0 Å². The van der Waals surface area contributed by atoms with Crippen molar-refractivity contribution in [3.05, 3.63) is 28.2 Å². The van der Waals surface area contributed by atoms with Gasteiger partial charge in [0.2, 0.25) is 11.6 Å². The number of nitrogens with zero attached hydrogens (tertiary/aromatic N) is 3. The van der Waals surface area contributed by atoms with Crippen LogP contribution >= 0.6 is 23.2 Å². The van der Waals surface area contributed by atoms with Crippen LogP contribution in [0.15, 0.2) is 23.3 Å². The number of halogens is 2. The molecule has 0 aliphatic rings. The minimum Gasteiger partial charge on any atom is -0.291 e. The van der Waals surface area contributed by atoms with Gasteiger partial charge in [0, 0.05) is 12.3 Å². The molecular weight excluding hydrogens is 325 g/mol. The first-order valence-corrected chi connectivity index (χ1v) is 7.12. The predicted molar refractivity (Wildman–Crippen MR) is 87.1 cm³/mol. The van der Waals surface area contributed by atoms with Crippen LogP contribution in [0.2, 0.25) is 10.0 Å². The minimum absolute atomic E-state index is 0.237. The zero-order chi connectivity index (χ0) is 17.1. The molecule has 0 aliphatic carbocycles. The van der Waals surface area contributed by atoms with E-state index >= 15 is 0 Å². The van der Waals surface area contributed by atoms with Gasteiger partial charge >= 0.3 is 0 Å². The Bertz CT molecular complexity index is 685. The summed E-state index contributed by atoms with van der Waals surface area (Å²) in [5.41, 5.74) is -0.820. The third-order valence-electron chi connectivity index (χ3n) is 2.65. The summed E-state index contributed by atoms with van der Waals surface area (Å²) < 4.78 is 0. The second-order valence-corrected chi connectivity index (χ2v) is 6.38. The number of nitriles is 1. The Morgan fingerprint density at radius 2 is 1.82 bits per heavy atom. The van der Waals surface area contributed by atoms with Gasteiger partial charge < -0.3 is 0 Å². The molecule has 1 aromatic rings. The lowest BCUT2D eigenvalue weighted by Crippen LogP contribution is -2.32. The summed E-state index contributed by atoms with van der Waals surface area (Å²) in [6.45, 7) is 6.26. The Balaban J connectivity index is 3.34. The van der Waals surface area contributed by atoms with Crippen LogP contribution in [0.25, 0.3) is 0 Å². The maximum atomic E-state index is 12.2. The smallest absolute Gasteiger partial charge is 0.244 e. The third kappa shape index (κ3) is 4.30. The van der Waals surface area contributed by atoms with Crippen LogP contribution in [-0.4, -0.2) is 17.4 Å². The third-order valence-corrected chi connectivity index (χ3v) is 3.39. The number of amides is 1. The van der Waals surface area contributed by atoms with Crippen LogP contribution < -0.4 is 5.01 Å². The Hall–Kier alpha value is -1.90. The van der Waals surface area contributed by atoms with Crippen molar-refractivity contribution < 1.29 is 9.59 Å². The van der Waals surface area contributed by atoms with Gasteiger partial charge in [-0.15, -0.1) is 0 Å². The summed E-state index contributed by atoms with van der Waals surface area (Å²) >= 11 is 11.7. The molecule has 0 N–H and O–H groups in total. The summed E-state index contributed by atoms with van der Waals surface area (Å²) in [5.74, 6) is -0.922. The lowest BCUT2D eigenvalue weighted by atomic mass is 9.88. The molecule has 0 bridgehead atoms. The molecular formula is C15H15Cl2N3O2. The molecule has 0 heterocycles. The number of anilines is 1. The molecule has 0 unspecified atom stereocenters. The topological polar surface area (TPSA) is 73.5 Å². The molecule has 1 rings (SSSR count). The molecule has 22 heavy (non-hydrogen) atoms. The van der Waals surface area contributed by atoms with Gasteiger partial charge in [0.25, 0.3) is 0 Å². The van der Waals surface area contributed by atoms with E-state index in [4.69, 9.17) is 28.5 Å². The summed E-state index contributed by atoms with van der Waals surface area (Å²) in [7, 11) is 0. The first kappa shape index (κ1) is 18.1. The SMILES string of the molecule is CC(=O)N(/N=C(\C#N)C(=O)C(C)(C)C)c1ccc(Cl)c(Cl)c1. The van der Waals surface area contributed by atoms with Crippen molar-refractivity contribution in [2.24, 2.45) is 10.5 Å². The van der Waals surface area contributed by atoms with E-state index in [9.17, 15) is 9.59 Å². The monoisotopic (exact) mass is 339 g/mol. The van der Waals surface area contributed by atoms with Crippen LogP contribution in [0, 0.1) is 16.7 Å². The van der Waals surface area contributed by atoms with E-state index in [1.165, 1.54) is 25.1 Å². The minimum atomic E-state index is -0.783. The van der Waals surface area contributed by atoms with E-state index in [0.717, 1.165) is 5.01 Å². The van der Waals surface area contributed by atoms with Gasteiger partial charge in [0.1, 0.15) is 6.07 Å². The highest BCUT2D eigenvalue weighted by atomic mass is 35.5. The molecule has 0 saturated carbocycles. The van der Waals surface area contributed by atoms with E-state index in [-0.39, 0.29) is 10.7 Å².